The lowest BCUT2D eigenvalue weighted by molar-refractivity contribution is 0.0122. The molecule has 38 heavy (non-hydrogen) atoms. The van der Waals surface area contributed by atoms with Crippen LogP contribution in [0, 0.1) is 5.82 Å². The molecule has 1 unspecified atom stereocenters. The lowest BCUT2D eigenvalue weighted by Gasteiger charge is -2.20. The summed E-state index contributed by atoms with van der Waals surface area (Å²) in [5, 5.41) is 10.2. The van der Waals surface area contributed by atoms with Crippen LogP contribution in [-0.4, -0.2) is 43.1 Å². The molecule has 0 amide bonds. The summed E-state index contributed by atoms with van der Waals surface area (Å²) in [6.45, 7) is -0.865. The Morgan fingerprint density at radius 2 is 1.95 bits per heavy atom. The van der Waals surface area contributed by atoms with Crippen LogP contribution in [0.15, 0.2) is 66.7 Å². The van der Waals surface area contributed by atoms with Gasteiger partial charge in [-0.25, -0.2) is 18.6 Å². The highest BCUT2D eigenvalue weighted by atomic mass is 35.5. The van der Waals surface area contributed by atoms with Crippen LogP contribution < -0.4 is 9.47 Å². The third kappa shape index (κ3) is 6.65. The van der Waals surface area contributed by atoms with Crippen LogP contribution in [-0.2, 0) is 4.74 Å². The largest absolute Gasteiger partial charge is 0.497 e. The van der Waals surface area contributed by atoms with Gasteiger partial charge in [-0.1, -0.05) is 41.9 Å². The van der Waals surface area contributed by atoms with Crippen molar-refractivity contribution < 1.29 is 32.9 Å². The molecule has 0 bridgehead atoms. The average molecular weight is 540 g/mol. The van der Waals surface area contributed by atoms with Crippen LogP contribution in [0.5, 0.6) is 11.5 Å². The highest BCUT2D eigenvalue weighted by Gasteiger charge is 2.18. The van der Waals surface area contributed by atoms with Crippen molar-refractivity contribution in [1.29, 1.82) is 0 Å². The number of benzene rings is 3. The number of aromatic nitrogens is 1. The lowest BCUT2D eigenvalue weighted by atomic mass is 10.1. The van der Waals surface area contributed by atoms with Crippen LogP contribution in [0.4, 0.5) is 8.78 Å². The summed E-state index contributed by atoms with van der Waals surface area (Å²) in [5.41, 5.74) is 2.71. The Morgan fingerprint density at radius 3 is 2.71 bits per heavy atom. The van der Waals surface area contributed by atoms with Gasteiger partial charge in [0.05, 0.1) is 29.9 Å². The molecule has 6 nitrogen and oxygen atoms in total. The number of carboxylic acids is 1. The van der Waals surface area contributed by atoms with Crippen molar-refractivity contribution >= 4 is 40.6 Å². The molecule has 1 N–H and O–H groups in total. The van der Waals surface area contributed by atoms with Crippen molar-refractivity contribution in [3.8, 4) is 11.5 Å². The maximum Gasteiger partial charge on any atom is 0.339 e. The number of hydrogen-bond acceptors (Lipinski definition) is 5. The number of methoxy groups -OCH3 is 1. The third-order valence-corrected chi connectivity index (χ3v) is 5.97. The molecule has 1 heterocycles. The molecule has 9 heteroatoms. The van der Waals surface area contributed by atoms with Gasteiger partial charge in [-0.15, -0.1) is 0 Å². The van der Waals surface area contributed by atoms with Crippen LogP contribution in [0.2, 0.25) is 5.02 Å². The van der Waals surface area contributed by atoms with Gasteiger partial charge in [-0.05, 0) is 59.7 Å². The van der Waals surface area contributed by atoms with Gasteiger partial charge in [0, 0.05) is 5.39 Å². The second-order valence-electron chi connectivity index (χ2n) is 8.23. The number of nitrogens with zero attached hydrogens (tertiary/aromatic N) is 1. The number of pyridine rings is 1. The number of halogens is 3. The molecule has 196 valence electrons. The molecule has 0 saturated carbocycles. The van der Waals surface area contributed by atoms with E-state index in [0.717, 1.165) is 11.1 Å². The molecule has 4 aromatic rings. The van der Waals surface area contributed by atoms with Crippen LogP contribution in [0.25, 0.3) is 23.1 Å². The molecule has 0 radical (unpaired) electrons. The number of carboxylic acid groups (broad SMARTS) is 1. The van der Waals surface area contributed by atoms with E-state index in [1.807, 2.05) is 30.3 Å². The number of ether oxygens (including phenoxy) is 3. The Labute approximate surface area is 223 Å². The summed E-state index contributed by atoms with van der Waals surface area (Å²) in [4.78, 5) is 16.2. The minimum atomic E-state index is -1.16. The summed E-state index contributed by atoms with van der Waals surface area (Å²) in [7, 11) is 1.44. The molecule has 0 aliphatic carbocycles. The smallest absolute Gasteiger partial charge is 0.339 e. The van der Waals surface area contributed by atoms with Crippen LogP contribution in [0.1, 0.15) is 33.3 Å². The van der Waals surface area contributed by atoms with E-state index >= 15 is 0 Å². The summed E-state index contributed by atoms with van der Waals surface area (Å²) < 4.78 is 43.2. The van der Waals surface area contributed by atoms with E-state index in [1.165, 1.54) is 31.4 Å². The topological polar surface area (TPSA) is 77.9 Å². The zero-order valence-electron chi connectivity index (χ0n) is 20.4. The second kappa shape index (κ2) is 12.5. The van der Waals surface area contributed by atoms with Gasteiger partial charge in [0.15, 0.2) is 0 Å². The number of fused-ring (bicyclic) bond motifs is 1. The van der Waals surface area contributed by atoms with Gasteiger partial charge in [-0.3, -0.25) is 0 Å². The summed E-state index contributed by atoms with van der Waals surface area (Å²) in [6, 6.07) is 18.2. The molecule has 0 aliphatic rings. The molecule has 1 aromatic heterocycles. The molecule has 3 aromatic carbocycles. The fourth-order valence-electron chi connectivity index (χ4n) is 3.79. The minimum Gasteiger partial charge on any atom is -0.497 e. The molecule has 0 saturated heterocycles. The molecule has 4 rings (SSSR count). The molecule has 1 atom stereocenters. The van der Waals surface area contributed by atoms with Crippen LogP contribution in [0.3, 0.4) is 0 Å². The van der Waals surface area contributed by atoms with Crippen molar-refractivity contribution in [2.45, 2.75) is 6.10 Å². The highest BCUT2D eigenvalue weighted by Crippen LogP contribution is 2.27. The molecular formula is C29H24ClF2NO5. The van der Waals surface area contributed by atoms with Crippen molar-refractivity contribution in [2.75, 3.05) is 27.0 Å². The van der Waals surface area contributed by atoms with Crippen molar-refractivity contribution in [3.05, 3.63) is 100.0 Å². The summed E-state index contributed by atoms with van der Waals surface area (Å²) >= 11 is 5.89. The lowest BCUT2D eigenvalue weighted by Crippen LogP contribution is -2.16. The van der Waals surface area contributed by atoms with Crippen molar-refractivity contribution in [3.63, 3.8) is 0 Å². The van der Waals surface area contributed by atoms with Crippen molar-refractivity contribution in [1.82, 2.24) is 4.98 Å². The minimum absolute atomic E-state index is 0.00508. The fourth-order valence-corrected chi connectivity index (χ4v) is 3.95. The first-order valence-corrected chi connectivity index (χ1v) is 12.0. The number of carbonyl (C=O) groups is 1. The predicted octanol–water partition coefficient (Wildman–Crippen LogP) is 7.01. The monoisotopic (exact) mass is 539 g/mol. The number of hydrogen-bond donors (Lipinski definition) is 1. The Bertz CT molecular complexity index is 1480. The first kappa shape index (κ1) is 27.0. The number of aromatic carboxylic acids is 1. The molecule has 0 aliphatic heterocycles. The Balaban J connectivity index is 1.54. The Kier molecular flexibility index (Phi) is 8.89. The fraction of sp³-hybridized carbons (Fsp3) is 0.172. The van der Waals surface area contributed by atoms with Gasteiger partial charge in [0.25, 0.3) is 0 Å². The first-order chi connectivity index (χ1) is 18.4. The maximum atomic E-state index is 13.7. The summed E-state index contributed by atoms with van der Waals surface area (Å²) in [5.74, 6) is -1.14. The van der Waals surface area contributed by atoms with E-state index in [2.05, 4.69) is 4.98 Å². The predicted molar refractivity (Wildman–Crippen MR) is 142 cm³/mol. The molecular weight excluding hydrogens is 516 g/mol. The quantitative estimate of drug-likeness (QED) is 0.221. The van der Waals surface area contributed by atoms with E-state index < -0.39 is 24.6 Å². The van der Waals surface area contributed by atoms with Gasteiger partial charge in [0.2, 0.25) is 0 Å². The summed E-state index contributed by atoms with van der Waals surface area (Å²) in [6.07, 6.45) is 3.00. The third-order valence-electron chi connectivity index (χ3n) is 5.69. The molecule has 0 fully saturated rings. The zero-order chi connectivity index (χ0) is 27.1. The van der Waals surface area contributed by atoms with Gasteiger partial charge >= 0.3 is 5.97 Å². The SMILES string of the molecule is COc1ccc(OCC(OCCF)c2cccc(/C=C/c3ccc4cc(F)c(Cl)cc4n3)c2)c(C(=O)O)c1. The van der Waals surface area contributed by atoms with E-state index in [9.17, 15) is 18.7 Å². The number of alkyl halides is 1. The van der Waals surface area contributed by atoms with Gasteiger partial charge in [0.1, 0.15) is 42.3 Å². The highest BCUT2D eigenvalue weighted by molar-refractivity contribution is 6.31. The van der Waals surface area contributed by atoms with E-state index in [-0.39, 0.29) is 29.5 Å². The standard InChI is InChI=1S/C29H24ClF2NO5/c1-36-22-9-10-27(23(15-22)29(34)35)38-17-28(37-12-11-31)20-4-2-3-18(13-20)5-7-21-8-6-19-14-25(32)24(30)16-26(19)33-21/h2-10,13-16,28H,11-12,17H2,1H3,(H,34,35)/b7-5+. The van der Waals surface area contributed by atoms with E-state index in [0.29, 0.717) is 22.3 Å². The first-order valence-electron chi connectivity index (χ1n) is 11.6. The van der Waals surface area contributed by atoms with E-state index in [1.54, 1.807) is 24.3 Å². The van der Waals surface area contributed by atoms with Gasteiger partial charge < -0.3 is 19.3 Å². The van der Waals surface area contributed by atoms with E-state index in [4.69, 9.17) is 25.8 Å². The zero-order valence-corrected chi connectivity index (χ0v) is 21.1. The Hall–Kier alpha value is -4.01. The second-order valence-corrected chi connectivity index (χ2v) is 8.63. The normalized spacial score (nSPS) is 12.1. The van der Waals surface area contributed by atoms with Gasteiger partial charge in [-0.2, -0.15) is 0 Å². The Morgan fingerprint density at radius 1 is 1.11 bits per heavy atom. The molecule has 0 spiro atoms. The number of rotatable bonds is 11. The van der Waals surface area contributed by atoms with Crippen molar-refractivity contribution in [2.24, 2.45) is 0 Å². The van der Waals surface area contributed by atoms with Crippen LogP contribution >= 0.6 is 11.6 Å². The average Bonchev–Trinajstić information content (AvgIpc) is 2.92. The maximum absolute atomic E-state index is 13.7.